The molecular weight excluding hydrogens is 348 g/mol. The number of phenols is 1. The van der Waals surface area contributed by atoms with E-state index in [9.17, 15) is 20.0 Å². The molecule has 1 saturated heterocycles. The molecule has 0 aromatic heterocycles. The van der Waals surface area contributed by atoms with Crippen LogP contribution in [0.5, 0.6) is 5.75 Å². The molecule has 1 fully saturated rings. The second-order valence-corrected chi connectivity index (χ2v) is 6.25. The van der Waals surface area contributed by atoms with E-state index in [1.807, 2.05) is 6.07 Å². The van der Waals surface area contributed by atoms with Gasteiger partial charge < -0.3 is 25.4 Å². The van der Waals surface area contributed by atoms with Crippen LogP contribution in [0.15, 0.2) is 30.0 Å². The summed E-state index contributed by atoms with van der Waals surface area (Å²) in [4.78, 5) is 25.6. The van der Waals surface area contributed by atoms with E-state index in [2.05, 4.69) is 10.6 Å². The van der Waals surface area contributed by atoms with Gasteiger partial charge in [0.15, 0.2) is 0 Å². The molecule has 3 N–H and O–H groups in total. The SMILES string of the molecule is CCOC(=O)N1CCC(N/C=C(/C#N)C(=O)Nc2ccc(O)cc2C)CC1. The molecule has 0 saturated carbocycles. The van der Waals surface area contributed by atoms with E-state index in [1.165, 1.54) is 18.3 Å². The van der Waals surface area contributed by atoms with E-state index < -0.39 is 5.91 Å². The Labute approximate surface area is 158 Å². The molecule has 0 radical (unpaired) electrons. The third-order valence-electron chi connectivity index (χ3n) is 4.31. The first kappa shape index (κ1) is 20.1. The van der Waals surface area contributed by atoms with Gasteiger partial charge in [0, 0.05) is 31.0 Å². The summed E-state index contributed by atoms with van der Waals surface area (Å²) in [6.07, 6.45) is 2.50. The van der Waals surface area contributed by atoms with Gasteiger partial charge in [0.2, 0.25) is 0 Å². The average molecular weight is 372 g/mol. The highest BCUT2D eigenvalue weighted by atomic mass is 16.6. The Morgan fingerprint density at radius 1 is 1.41 bits per heavy atom. The van der Waals surface area contributed by atoms with Gasteiger partial charge in [-0.25, -0.2) is 4.79 Å². The molecule has 1 aromatic rings. The molecule has 144 valence electrons. The van der Waals surface area contributed by atoms with Crippen molar-refractivity contribution >= 4 is 17.7 Å². The number of nitriles is 1. The average Bonchev–Trinajstić information content (AvgIpc) is 2.65. The van der Waals surface area contributed by atoms with Gasteiger partial charge in [-0.05, 0) is 50.5 Å². The predicted octanol–water partition coefficient (Wildman–Crippen LogP) is 2.26. The lowest BCUT2D eigenvalue weighted by Gasteiger charge is -2.31. The molecule has 27 heavy (non-hydrogen) atoms. The Morgan fingerprint density at radius 3 is 2.70 bits per heavy atom. The van der Waals surface area contributed by atoms with Crippen LogP contribution in [0.1, 0.15) is 25.3 Å². The van der Waals surface area contributed by atoms with E-state index >= 15 is 0 Å². The van der Waals surface area contributed by atoms with E-state index in [0.29, 0.717) is 43.8 Å². The number of carbonyl (C=O) groups excluding carboxylic acids is 2. The molecule has 8 heteroatoms. The van der Waals surface area contributed by atoms with Crippen LogP contribution in [0.2, 0.25) is 0 Å². The number of nitrogens with one attached hydrogen (secondary N) is 2. The van der Waals surface area contributed by atoms with E-state index in [1.54, 1.807) is 24.8 Å². The molecule has 0 unspecified atom stereocenters. The Kier molecular flexibility index (Phi) is 7.06. The van der Waals surface area contributed by atoms with Crippen molar-refractivity contribution in [3.63, 3.8) is 0 Å². The number of rotatable bonds is 5. The number of aromatic hydroxyl groups is 1. The van der Waals surface area contributed by atoms with Crippen LogP contribution in [-0.2, 0) is 9.53 Å². The molecular formula is C19H24N4O4. The summed E-state index contributed by atoms with van der Waals surface area (Å²) in [5.74, 6) is -0.417. The zero-order valence-electron chi connectivity index (χ0n) is 15.5. The highest BCUT2D eigenvalue weighted by Crippen LogP contribution is 2.20. The van der Waals surface area contributed by atoms with Gasteiger partial charge in [-0.15, -0.1) is 0 Å². The van der Waals surface area contributed by atoms with Crippen molar-refractivity contribution in [2.45, 2.75) is 32.7 Å². The summed E-state index contributed by atoms with van der Waals surface area (Å²) in [5.41, 5.74) is 1.18. The first-order valence-corrected chi connectivity index (χ1v) is 8.83. The molecule has 1 aliphatic heterocycles. The second kappa shape index (κ2) is 9.48. The summed E-state index contributed by atoms with van der Waals surface area (Å²) in [5, 5.41) is 24.4. The fourth-order valence-electron chi connectivity index (χ4n) is 2.77. The maximum atomic E-state index is 12.3. The number of benzene rings is 1. The van der Waals surface area contributed by atoms with E-state index in [4.69, 9.17) is 4.74 Å². The van der Waals surface area contributed by atoms with E-state index in [0.717, 1.165) is 0 Å². The van der Waals surface area contributed by atoms with Crippen molar-refractivity contribution < 1.29 is 19.4 Å². The molecule has 0 spiro atoms. The third kappa shape index (κ3) is 5.64. The van der Waals surface area contributed by atoms with Crippen LogP contribution in [0.25, 0.3) is 0 Å². The summed E-state index contributed by atoms with van der Waals surface area (Å²) in [6.45, 7) is 4.99. The number of likely N-dealkylation sites (tertiary alicyclic amines) is 1. The van der Waals surface area contributed by atoms with Crippen molar-refractivity contribution in [3.05, 3.63) is 35.5 Å². The van der Waals surface area contributed by atoms with Crippen molar-refractivity contribution in [1.29, 1.82) is 5.26 Å². The Hall–Kier alpha value is -3.21. The maximum absolute atomic E-state index is 12.3. The van der Waals surface area contributed by atoms with Crippen LogP contribution in [0.4, 0.5) is 10.5 Å². The van der Waals surface area contributed by atoms with Crippen LogP contribution >= 0.6 is 0 Å². The number of ether oxygens (including phenoxy) is 1. The maximum Gasteiger partial charge on any atom is 0.409 e. The van der Waals surface area contributed by atoms with Gasteiger partial charge in [-0.2, -0.15) is 5.26 Å². The normalized spacial score (nSPS) is 15.0. The summed E-state index contributed by atoms with van der Waals surface area (Å²) in [6, 6.07) is 6.53. The van der Waals surface area contributed by atoms with Gasteiger partial charge >= 0.3 is 6.09 Å². The number of amides is 2. The zero-order valence-corrected chi connectivity index (χ0v) is 15.5. The van der Waals surface area contributed by atoms with Gasteiger partial charge in [0.05, 0.1) is 6.61 Å². The van der Waals surface area contributed by atoms with Gasteiger partial charge in [0.1, 0.15) is 17.4 Å². The first-order valence-electron chi connectivity index (χ1n) is 8.83. The quantitative estimate of drug-likeness (QED) is 0.415. The lowest BCUT2D eigenvalue weighted by atomic mass is 10.1. The smallest absolute Gasteiger partial charge is 0.409 e. The van der Waals surface area contributed by atoms with Crippen LogP contribution in [0.3, 0.4) is 0 Å². The van der Waals surface area contributed by atoms with Crippen LogP contribution in [0, 0.1) is 18.3 Å². The molecule has 1 aliphatic rings. The minimum atomic E-state index is -0.525. The lowest BCUT2D eigenvalue weighted by Crippen LogP contribution is -2.44. The van der Waals surface area contributed by atoms with Crippen molar-refractivity contribution in [1.82, 2.24) is 10.2 Å². The standard InChI is InChI=1S/C19H24N4O4/c1-3-27-19(26)23-8-6-15(7-9-23)21-12-14(11-20)18(25)22-17-5-4-16(24)10-13(17)2/h4-5,10,12,15,21,24H,3,6-9H2,1-2H3,(H,22,25)/b14-12-. The molecule has 1 heterocycles. The summed E-state index contributed by atoms with van der Waals surface area (Å²) >= 11 is 0. The minimum absolute atomic E-state index is 0.0460. The topological polar surface area (TPSA) is 115 Å². The van der Waals surface area contributed by atoms with Gasteiger partial charge in [0.25, 0.3) is 5.91 Å². The monoisotopic (exact) mass is 372 g/mol. The molecule has 2 amide bonds. The zero-order chi connectivity index (χ0) is 19.8. The van der Waals surface area contributed by atoms with E-state index in [-0.39, 0.29) is 23.5 Å². The number of piperidine rings is 1. The van der Waals surface area contributed by atoms with Crippen molar-refractivity contribution in [2.75, 3.05) is 25.0 Å². The van der Waals surface area contributed by atoms with Crippen molar-refractivity contribution in [2.24, 2.45) is 0 Å². The first-order chi connectivity index (χ1) is 12.9. The Morgan fingerprint density at radius 2 is 2.11 bits per heavy atom. The fraction of sp³-hybridized carbons (Fsp3) is 0.421. The second-order valence-electron chi connectivity index (χ2n) is 6.25. The number of hydrogen-bond acceptors (Lipinski definition) is 6. The minimum Gasteiger partial charge on any atom is -0.508 e. The third-order valence-corrected chi connectivity index (χ3v) is 4.31. The van der Waals surface area contributed by atoms with Crippen LogP contribution < -0.4 is 10.6 Å². The molecule has 1 aromatic carbocycles. The molecule has 8 nitrogen and oxygen atoms in total. The number of anilines is 1. The Bertz CT molecular complexity index is 761. The van der Waals surface area contributed by atoms with Crippen LogP contribution in [-0.4, -0.2) is 47.7 Å². The molecule has 0 bridgehead atoms. The van der Waals surface area contributed by atoms with Gasteiger partial charge in [-0.3, -0.25) is 4.79 Å². The predicted molar refractivity (Wildman–Crippen MR) is 99.9 cm³/mol. The largest absolute Gasteiger partial charge is 0.508 e. The van der Waals surface area contributed by atoms with Gasteiger partial charge in [-0.1, -0.05) is 0 Å². The molecule has 0 aliphatic carbocycles. The number of aryl methyl sites for hydroxylation is 1. The summed E-state index contributed by atoms with van der Waals surface area (Å²) in [7, 11) is 0. The fourth-order valence-corrected chi connectivity index (χ4v) is 2.77. The number of phenolic OH excluding ortho intramolecular Hbond substituents is 1. The summed E-state index contributed by atoms with van der Waals surface area (Å²) < 4.78 is 4.98. The number of hydrogen-bond donors (Lipinski definition) is 3. The number of carbonyl (C=O) groups is 2. The Balaban J connectivity index is 1.90. The highest BCUT2D eigenvalue weighted by Gasteiger charge is 2.23. The lowest BCUT2D eigenvalue weighted by molar-refractivity contribution is -0.112. The molecule has 2 rings (SSSR count). The number of nitrogens with zero attached hydrogens (tertiary/aromatic N) is 2. The van der Waals surface area contributed by atoms with Crippen molar-refractivity contribution in [3.8, 4) is 11.8 Å². The molecule has 0 atom stereocenters. The highest BCUT2D eigenvalue weighted by molar-refractivity contribution is 6.06.